The summed E-state index contributed by atoms with van der Waals surface area (Å²) in [6, 6.07) is 10.8. The first-order valence-electron chi connectivity index (χ1n) is 7.63. The number of benzene rings is 1. The molecule has 1 aromatic carbocycles. The van der Waals surface area contributed by atoms with Gasteiger partial charge in [0.1, 0.15) is 5.75 Å². The van der Waals surface area contributed by atoms with Crippen molar-refractivity contribution in [2.75, 3.05) is 6.54 Å². The fourth-order valence-electron chi connectivity index (χ4n) is 2.98. The fraction of sp³-hybridized carbons (Fsp3) is 0.167. The molecular weight excluding hydrogens is 370 g/mol. The summed E-state index contributed by atoms with van der Waals surface area (Å²) in [6.07, 6.45) is 2.42. The maximum atomic E-state index is 12.5. The van der Waals surface area contributed by atoms with Gasteiger partial charge in [-0.3, -0.25) is 14.8 Å². The number of amides is 1. The quantitative estimate of drug-likeness (QED) is 0.753. The van der Waals surface area contributed by atoms with Gasteiger partial charge in [0.25, 0.3) is 5.91 Å². The largest absolute Gasteiger partial charge is 0.508 e. The predicted molar refractivity (Wildman–Crippen MR) is 93.8 cm³/mol. The van der Waals surface area contributed by atoms with Crippen LogP contribution in [0, 0.1) is 0 Å². The summed E-state index contributed by atoms with van der Waals surface area (Å²) in [5.74, 6) is 0.0450. The van der Waals surface area contributed by atoms with Crippen molar-refractivity contribution in [1.29, 1.82) is 0 Å². The maximum Gasteiger partial charge on any atom is 0.254 e. The number of aromatic nitrogens is 2. The Balaban J connectivity index is 1.52. The highest BCUT2D eigenvalue weighted by molar-refractivity contribution is 9.10. The first-order valence-corrected chi connectivity index (χ1v) is 8.42. The van der Waals surface area contributed by atoms with Gasteiger partial charge in [-0.1, -0.05) is 15.9 Å². The van der Waals surface area contributed by atoms with Crippen LogP contribution in [0.2, 0.25) is 0 Å². The molecule has 1 aliphatic heterocycles. The van der Waals surface area contributed by atoms with E-state index in [0.29, 0.717) is 25.1 Å². The van der Waals surface area contributed by atoms with E-state index in [4.69, 9.17) is 0 Å². The fourth-order valence-corrected chi connectivity index (χ4v) is 3.55. The van der Waals surface area contributed by atoms with Gasteiger partial charge in [0.05, 0.1) is 11.0 Å². The van der Waals surface area contributed by atoms with Crippen LogP contribution in [0.4, 0.5) is 0 Å². The molecule has 2 aromatic heterocycles. The lowest BCUT2D eigenvalue weighted by Gasteiger charge is -2.15. The van der Waals surface area contributed by atoms with E-state index in [-0.39, 0.29) is 11.7 Å². The number of aromatic hydroxyl groups is 1. The molecule has 5 nitrogen and oxygen atoms in total. The summed E-state index contributed by atoms with van der Waals surface area (Å²) in [6.45, 7) is 1.13. The third kappa shape index (κ3) is 2.63. The summed E-state index contributed by atoms with van der Waals surface area (Å²) < 4.78 is 0.767. The standard InChI is InChI=1S/C18H14BrN3O2/c19-15-9-12(23)8-13-14(15)10-22(18(13)24)7-5-11-3-4-16-17(21-11)2-1-6-20-16/h1-4,6,8-9,23H,5,7,10H2. The summed E-state index contributed by atoms with van der Waals surface area (Å²) in [7, 11) is 0. The zero-order valence-corrected chi connectivity index (χ0v) is 14.3. The number of carbonyl (C=O) groups excluding carboxylic acids is 1. The van der Waals surface area contributed by atoms with Crippen LogP contribution in [-0.4, -0.2) is 32.4 Å². The number of phenolic OH excluding ortho intramolecular Hbond substituents is 1. The molecule has 24 heavy (non-hydrogen) atoms. The Morgan fingerprint density at radius 1 is 1.21 bits per heavy atom. The van der Waals surface area contributed by atoms with Crippen LogP contribution in [0.5, 0.6) is 5.75 Å². The first-order chi connectivity index (χ1) is 11.6. The highest BCUT2D eigenvalue weighted by Crippen LogP contribution is 2.33. The predicted octanol–water partition coefficient (Wildman–Crippen LogP) is 3.30. The van der Waals surface area contributed by atoms with E-state index in [9.17, 15) is 9.90 Å². The van der Waals surface area contributed by atoms with Crippen LogP contribution >= 0.6 is 15.9 Å². The van der Waals surface area contributed by atoms with E-state index in [1.165, 1.54) is 6.07 Å². The Labute approximate surface area is 147 Å². The minimum Gasteiger partial charge on any atom is -0.508 e. The average molecular weight is 384 g/mol. The van der Waals surface area contributed by atoms with Gasteiger partial charge in [-0.05, 0) is 42.0 Å². The van der Waals surface area contributed by atoms with Crippen LogP contribution < -0.4 is 0 Å². The Morgan fingerprint density at radius 3 is 2.96 bits per heavy atom. The molecule has 3 heterocycles. The Bertz CT molecular complexity index is 958. The average Bonchev–Trinajstić information content (AvgIpc) is 2.90. The molecule has 1 aliphatic rings. The van der Waals surface area contributed by atoms with Gasteiger partial charge in [-0.2, -0.15) is 0 Å². The molecule has 4 rings (SSSR count). The van der Waals surface area contributed by atoms with Crippen molar-refractivity contribution in [2.24, 2.45) is 0 Å². The van der Waals surface area contributed by atoms with Gasteiger partial charge in [0, 0.05) is 41.4 Å². The van der Waals surface area contributed by atoms with Crippen molar-refractivity contribution in [3.8, 4) is 5.75 Å². The highest BCUT2D eigenvalue weighted by atomic mass is 79.9. The maximum absolute atomic E-state index is 12.5. The van der Waals surface area contributed by atoms with Crippen molar-refractivity contribution >= 4 is 32.9 Å². The van der Waals surface area contributed by atoms with E-state index < -0.39 is 0 Å². The topological polar surface area (TPSA) is 66.3 Å². The number of hydrogen-bond donors (Lipinski definition) is 1. The number of nitrogens with zero attached hydrogens (tertiary/aromatic N) is 3. The van der Waals surface area contributed by atoms with Crippen LogP contribution in [0.1, 0.15) is 21.6 Å². The van der Waals surface area contributed by atoms with Crippen molar-refractivity contribution in [2.45, 2.75) is 13.0 Å². The van der Waals surface area contributed by atoms with Gasteiger partial charge >= 0.3 is 0 Å². The third-order valence-corrected chi connectivity index (χ3v) is 4.91. The lowest BCUT2D eigenvalue weighted by Crippen LogP contribution is -2.26. The molecule has 0 fully saturated rings. The number of phenols is 1. The minimum absolute atomic E-state index is 0.0518. The number of pyridine rings is 2. The number of rotatable bonds is 3. The molecule has 120 valence electrons. The van der Waals surface area contributed by atoms with Crippen LogP contribution in [0.3, 0.4) is 0 Å². The number of halogens is 1. The number of fused-ring (bicyclic) bond motifs is 2. The van der Waals surface area contributed by atoms with E-state index in [2.05, 4.69) is 25.9 Å². The highest BCUT2D eigenvalue weighted by Gasteiger charge is 2.29. The lowest BCUT2D eigenvalue weighted by molar-refractivity contribution is 0.0779. The summed E-state index contributed by atoms with van der Waals surface area (Å²) in [4.78, 5) is 23.1. The van der Waals surface area contributed by atoms with Gasteiger partial charge in [-0.25, -0.2) is 0 Å². The molecule has 0 unspecified atom stereocenters. The van der Waals surface area contributed by atoms with Gasteiger partial charge < -0.3 is 10.0 Å². The Kier molecular flexibility index (Phi) is 3.69. The molecule has 3 aromatic rings. The SMILES string of the molecule is O=C1c2cc(O)cc(Br)c2CN1CCc1ccc2ncccc2n1. The summed E-state index contributed by atoms with van der Waals surface area (Å²) >= 11 is 3.42. The van der Waals surface area contributed by atoms with E-state index >= 15 is 0 Å². The molecule has 0 radical (unpaired) electrons. The van der Waals surface area contributed by atoms with E-state index in [1.807, 2.05) is 24.3 Å². The minimum atomic E-state index is -0.0518. The molecule has 0 saturated heterocycles. The van der Waals surface area contributed by atoms with Gasteiger partial charge in [0.15, 0.2) is 0 Å². The number of hydrogen-bond acceptors (Lipinski definition) is 4. The molecule has 1 amide bonds. The van der Waals surface area contributed by atoms with Crippen molar-refractivity contribution in [3.05, 3.63) is 63.9 Å². The second-order valence-electron chi connectivity index (χ2n) is 5.77. The van der Waals surface area contributed by atoms with Crippen LogP contribution in [0.25, 0.3) is 11.0 Å². The molecule has 0 atom stereocenters. The third-order valence-electron chi connectivity index (χ3n) is 4.20. The van der Waals surface area contributed by atoms with Gasteiger partial charge in [0.2, 0.25) is 0 Å². The molecule has 0 bridgehead atoms. The number of carbonyl (C=O) groups is 1. The molecule has 0 aliphatic carbocycles. The van der Waals surface area contributed by atoms with Crippen LogP contribution in [-0.2, 0) is 13.0 Å². The van der Waals surface area contributed by atoms with E-state index in [0.717, 1.165) is 26.8 Å². The zero-order valence-electron chi connectivity index (χ0n) is 12.7. The van der Waals surface area contributed by atoms with Crippen LogP contribution in [0.15, 0.2) is 47.1 Å². The Morgan fingerprint density at radius 2 is 2.08 bits per heavy atom. The lowest BCUT2D eigenvalue weighted by atomic mass is 10.1. The molecular formula is C18H14BrN3O2. The molecule has 1 N–H and O–H groups in total. The summed E-state index contributed by atoms with van der Waals surface area (Å²) in [5.41, 5.74) is 4.15. The van der Waals surface area contributed by atoms with E-state index in [1.54, 1.807) is 17.2 Å². The normalized spacial score (nSPS) is 13.5. The second kappa shape index (κ2) is 5.87. The zero-order chi connectivity index (χ0) is 16.7. The monoisotopic (exact) mass is 383 g/mol. The van der Waals surface area contributed by atoms with Crippen molar-refractivity contribution in [1.82, 2.24) is 14.9 Å². The van der Waals surface area contributed by atoms with Crippen molar-refractivity contribution < 1.29 is 9.90 Å². The van der Waals surface area contributed by atoms with Gasteiger partial charge in [-0.15, -0.1) is 0 Å². The smallest absolute Gasteiger partial charge is 0.254 e. The summed E-state index contributed by atoms with van der Waals surface area (Å²) in [5, 5.41) is 9.67. The molecule has 0 saturated carbocycles. The first kappa shape index (κ1) is 15.1. The molecule has 6 heteroatoms. The Hall–Kier alpha value is -2.47. The molecule has 0 spiro atoms. The van der Waals surface area contributed by atoms with Crippen molar-refractivity contribution in [3.63, 3.8) is 0 Å². The second-order valence-corrected chi connectivity index (χ2v) is 6.63.